The summed E-state index contributed by atoms with van der Waals surface area (Å²) in [6.45, 7) is 4.46. The molecule has 18 heavy (non-hydrogen) atoms. The maximum Gasteiger partial charge on any atom is 0.188 e. The first kappa shape index (κ1) is 15.3. The van der Waals surface area contributed by atoms with E-state index in [2.05, 4.69) is 10.3 Å². The molecular weight excluding hydrogens is 226 g/mol. The first-order valence-electron chi connectivity index (χ1n) is 7.47. The van der Waals surface area contributed by atoms with Crippen molar-refractivity contribution in [2.75, 3.05) is 19.8 Å². The third-order valence-corrected chi connectivity index (χ3v) is 3.39. The number of nitrogens with one attached hydrogen (secondary N) is 1. The van der Waals surface area contributed by atoms with Gasteiger partial charge in [-0.2, -0.15) is 0 Å². The molecule has 0 unspecified atom stereocenters. The number of nitrogens with zero attached hydrogens (tertiary/aromatic N) is 1. The molecule has 0 aromatic carbocycles. The molecule has 0 atom stereocenters. The van der Waals surface area contributed by atoms with E-state index < -0.39 is 0 Å². The van der Waals surface area contributed by atoms with Gasteiger partial charge in [0.1, 0.15) is 0 Å². The Hall–Kier alpha value is -0.770. The van der Waals surface area contributed by atoms with Crippen molar-refractivity contribution < 1.29 is 4.74 Å². The third kappa shape index (κ3) is 7.54. The van der Waals surface area contributed by atoms with Crippen molar-refractivity contribution >= 4 is 5.96 Å². The largest absolute Gasteiger partial charge is 0.382 e. The molecule has 4 heteroatoms. The van der Waals surface area contributed by atoms with Crippen molar-refractivity contribution in [1.29, 1.82) is 0 Å². The maximum atomic E-state index is 5.90. The van der Waals surface area contributed by atoms with Gasteiger partial charge in [0.2, 0.25) is 0 Å². The van der Waals surface area contributed by atoms with Crippen LogP contribution in [0.2, 0.25) is 0 Å². The Morgan fingerprint density at radius 1 is 1.22 bits per heavy atom. The summed E-state index contributed by atoms with van der Waals surface area (Å²) in [5.74, 6) is 0.623. The number of nitrogens with two attached hydrogens (primary N) is 1. The van der Waals surface area contributed by atoms with Crippen molar-refractivity contribution in [2.24, 2.45) is 10.7 Å². The van der Waals surface area contributed by atoms with E-state index in [1.165, 1.54) is 38.5 Å². The number of unbranched alkanes of at least 4 members (excludes halogenated alkanes) is 1. The van der Waals surface area contributed by atoms with E-state index in [9.17, 15) is 0 Å². The van der Waals surface area contributed by atoms with E-state index in [4.69, 9.17) is 10.5 Å². The van der Waals surface area contributed by atoms with Crippen molar-refractivity contribution in [3.63, 3.8) is 0 Å². The predicted molar refractivity (Wildman–Crippen MR) is 76.8 cm³/mol. The number of rotatable bonds is 7. The zero-order chi connectivity index (χ0) is 13.1. The molecule has 0 radical (unpaired) electrons. The van der Waals surface area contributed by atoms with Crippen molar-refractivity contribution in [1.82, 2.24) is 5.32 Å². The first-order valence-corrected chi connectivity index (χ1v) is 7.47. The fourth-order valence-corrected chi connectivity index (χ4v) is 2.34. The van der Waals surface area contributed by atoms with Crippen LogP contribution in [0.1, 0.15) is 58.3 Å². The Balaban J connectivity index is 2.08. The molecule has 0 aromatic rings. The molecule has 0 aliphatic heterocycles. The molecule has 106 valence electrons. The van der Waals surface area contributed by atoms with Crippen LogP contribution in [-0.2, 0) is 4.74 Å². The van der Waals surface area contributed by atoms with E-state index in [1.54, 1.807) is 0 Å². The van der Waals surface area contributed by atoms with Gasteiger partial charge in [-0.1, -0.05) is 25.7 Å². The highest BCUT2D eigenvalue weighted by molar-refractivity contribution is 5.78. The Morgan fingerprint density at radius 3 is 2.61 bits per heavy atom. The lowest BCUT2D eigenvalue weighted by Crippen LogP contribution is -2.39. The van der Waals surface area contributed by atoms with Gasteiger partial charge in [-0.25, -0.2) is 0 Å². The minimum atomic E-state index is 0.541. The third-order valence-electron chi connectivity index (χ3n) is 3.39. The summed E-state index contributed by atoms with van der Waals surface area (Å²) in [6, 6.07) is 0.541. The Labute approximate surface area is 111 Å². The first-order chi connectivity index (χ1) is 8.83. The van der Waals surface area contributed by atoms with Crippen LogP contribution in [0, 0.1) is 0 Å². The molecule has 3 N–H and O–H groups in total. The average molecular weight is 255 g/mol. The summed E-state index contributed by atoms with van der Waals surface area (Å²) in [7, 11) is 0. The fraction of sp³-hybridized carbons (Fsp3) is 0.929. The van der Waals surface area contributed by atoms with Crippen molar-refractivity contribution in [3.8, 4) is 0 Å². The number of hydrogen-bond donors (Lipinski definition) is 2. The lowest BCUT2D eigenvalue weighted by atomic mass is 10.1. The van der Waals surface area contributed by atoms with Crippen molar-refractivity contribution in [2.45, 2.75) is 64.3 Å². The summed E-state index contributed by atoms with van der Waals surface area (Å²) >= 11 is 0. The van der Waals surface area contributed by atoms with Gasteiger partial charge in [-0.05, 0) is 32.6 Å². The summed E-state index contributed by atoms with van der Waals surface area (Å²) in [5, 5.41) is 3.36. The van der Waals surface area contributed by atoms with Crippen LogP contribution < -0.4 is 11.1 Å². The van der Waals surface area contributed by atoms with E-state index in [0.717, 1.165) is 32.6 Å². The van der Waals surface area contributed by atoms with Crippen LogP contribution in [0.3, 0.4) is 0 Å². The zero-order valence-electron chi connectivity index (χ0n) is 11.8. The number of guanidine groups is 1. The highest BCUT2D eigenvalue weighted by atomic mass is 16.5. The minimum absolute atomic E-state index is 0.541. The smallest absolute Gasteiger partial charge is 0.188 e. The molecule has 1 saturated carbocycles. The quantitative estimate of drug-likeness (QED) is 0.318. The van der Waals surface area contributed by atoms with Crippen LogP contribution in [-0.4, -0.2) is 31.8 Å². The molecule has 1 rings (SSSR count). The van der Waals surface area contributed by atoms with Crippen LogP contribution in [0.25, 0.3) is 0 Å². The van der Waals surface area contributed by atoms with Gasteiger partial charge in [0.05, 0.1) is 0 Å². The lowest BCUT2D eigenvalue weighted by molar-refractivity contribution is 0.144. The Morgan fingerprint density at radius 2 is 1.94 bits per heavy atom. The zero-order valence-corrected chi connectivity index (χ0v) is 11.8. The van der Waals surface area contributed by atoms with Crippen LogP contribution in [0.4, 0.5) is 0 Å². The summed E-state index contributed by atoms with van der Waals surface area (Å²) in [4.78, 5) is 4.37. The molecular formula is C14H29N3O. The standard InChI is InChI=1S/C14H29N3O/c1-2-18-12-8-7-11-16-14(15)17-13-9-5-3-4-6-10-13/h13H,2-12H2,1H3,(H3,15,16,17). The number of hydrogen-bond acceptors (Lipinski definition) is 2. The molecule has 4 nitrogen and oxygen atoms in total. The van der Waals surface area contributed by atoms with Gasteiger partial charge >= 0.3 is 0 Å². The molecule has 1 fully saturated rings. The van der Waals surface area contributed by atoms with E-state index in [-0.39, 0.29) is 0 Å². The van der Waals surface area contributed by atoms with Gasteiger partial charge in [0, 0.05) is 25.8 Å². The Kier molecular flexibility index (Phi) is 8.65. The highest BCUT2D eigenvalue weighted by Crippen LogP contribution is 2.16. The second kappa shape index (κ2) is 10.2. The molecule has 0 heterocycles. The van der Waals surface area contributed by atoms with Gasteiger partial charge in [-0.3, -0.25) is 4.99 Å². The number of aliphatic imine (C=N–C) groups is 1. The van der Waals surface area contributed by atoms with E-state index >= 15 is 0 Å². The normalized spacial score (nSPS) is 18.6. The molecule has 0 amide bonds. The predicted octanol–water partition coefficient (Wildman–Crippen LogP) is 2.43. The Bertz CT molecular complexity index is 223. The van der Waals surface area contributed by atoms with E-state index in [1.807, 2.05) is 6.92 Å². The molecule has 0 spiro atoms. The topological polar surface area (TPSA) is 59.6 Å². The lowest BCUT2D eigenvalue weighted by Gasteiger charge is -2.16. The van der Waals surface area contributed by atoms with Crippen LogP contribution in [0.5, 0.6) is 0 Å². The highest BCUT2D eigenvalue weighted by Gasteiger charge is 2.11. The maximum absolute atomic E-state index is 5.90. The second-order valence-corrected chi connectivity index (χ2v) is 5.00. The molecule has 0 saturated heterocycles. The van der Waals surface area contributed by atoms with Crippen LogP contribution in [0.15, 0.2) is 4.99 Å². The average Bonchev–Trinajstić information content (AvgIpc) is 2.62. The SMILES string of the molecule is CCOCCCCN=C(N)NC1CCCCCC1. The summed E-state index contributed by atoms with van der Waals surface area (Å²) < 4.78 is 5.28. The number of ether oxygens (including phenoxy) is 1. The fourth-order valence-electron chi connectivity index (χ4n) is 2.34. The van der Waals surface area contributed by atoms with Gasteiger partial charge in [0.15, 0.2) is 5.96 Å². The monoisotopic (exact) mass is 255 g/mol. The molecule has 0 bridgehead atoms. The summed E-state index contributed by atoms with van der Waals surface area (Å²) in [5.41, 5.74) is 5.90. The van der Waals surface area contributed by atoms with Gasteiger partial charge in [0.25, 0.3) is 0 Å². The molecule has 0 aromatic heterocycles. The van der Waals surface area contributed by atoms with E-state index in [0.29, 0.717) is 12.0 Å². The van der Waals surface area contributed by atoms with Crippen molar-refractivity contribution in [3.05, 3.63) is 0 Å². The second-order valence-electron chi connectivity index (χ2n) is 5.00. The van der Waals surface area contributed by atoms with Gasteiger partial charge < -0.3 is 15.8 Å². The summed E-state index contributed by atoms with van der Waals surface area (Å²) in [6.07, 6.45) is 9.96. The molecule has 1 aliphatic rings. The van der Waals surface area contributed by atoms with Gasteiger partial charge in [-0.15, -0.1) is 0 Å². The molecule has 1 aliphatic carbocycles. The minimum Gasteiger partial charge on any atom is -0.382 e. The van der Waals surface area contributed by atoms with Crippen LogP contribution >= 0.6 is 0 Å².